The zero-order valence-electron chi connectivity index (χ0n) is 10.4. The van der Waals surface area contributed by atoms with Crippen LogP contribution in [0.1, 0.15) is 18.4 Å². The fourth-order valence-corrected chi connectivity index (χ4v) is 2.21. The molecule has 2 nitrogen and oxygen atoms in total. The van der Waals surface area contributed by atoms with Crippen LogP contribution in [0.3, 0.4) is 0 Å². The molecular formula is C13H16F4N2. The molecule has 0 atom stereocenters. The highest BCUT2D eigenvalue weighted by Crippen LogP contribution is 2.37. The Morgan fingerprint density at radius 3 is 2.47 bits per heavy atom. The van der Waals surface area contributed by atoms with Gasteiger partial charge in [-0.3, -0.25) is 0 Å². The van der Waals surface area contributed by atoms with Crippen LogP contribution < -0.4 is 10.6 Å². The summed E-state index contributed by atoms with van der Waals surface area (Å²) in [4.78, 5) is 1.14. The molecule has 1 fully saturated rings. The predicted octanol–water partition coefficient (Wildman–Crippen LogP) is 2.86. The number of halogens is 4. The van der Waals surface area contributed by atoms with Gasteiger partial charge in [-0.05, 0) is 37.4 Å². The van der Waals surface area contributed by atoms with E-state index in [4.69, 9.17) is 5.73 Å². The summed E-state index contributed by atoms with van der Waals surface area (Å²) in [5, 5.41) is 0. The second kappa shape index (κ2) is 5.36. The lowest BCUT2D eigenvalue weighted by atomic mass is 10.1. The third kappa shape index (κ3) is 3.59. The second-order valence-electron chi connectivity index (χ2n) is 4.76. The highest BCUT2D eigenvalue weighted by Gasteiger charge is 2.39. The van der Waals surface area contributed by atoms with E-state index in [-0.39, 0.29) is 18.3 Å². The largest absolute Gasteiger partial charge is 0.405 e. The summed E-state index contributed by atoms with van der Waals surface area (Å²) in [5.41, 5.74) is 6.04. The van der Waals surface area contributed by atoms with Crippen molar-refractivity contribution in [3.8, 4) is 0 Å². The third-order valence-electron chi connectivity index (χ3n) is 3.11. The van der Waals surface area contributed by atoms with Crippen molar-refractivity contribution in [1.82, 2.24) is 0 Å². The molecule has 0 aromatic heterocycles. The molecule has 1 aromatic rings. The number of nitrogens with two attached hydrogens (primary N) is 1. The van der Waals surface area contributed by atoms with E-state index in [1.54, 1.807) is 6.07 Å². The number of para-hydroxylation sites is 1. The summed E-state index contributed by atoms with van der Waals surface area (Å²) in [5.74, 6) is -0.609. The lowest BCUT2D eigenvalue weighted by Crippen LogP contribution is -2.37. The Morgan fingerprint density at radius 1 is 1.26 bits per heavy atom. The maximum atomic E-state index is 13.9. The van der Waals surface area contributed by atoms with E-state index in [1.165, 1.54) is 12.1 Å². The van der Waals surface area contributed by atoms with Crippen molar-refractivity contribution in [2.75, 3.05) is 18.0 Å². The van der Waals surface area contributed by atoms with Crippen LogP contribution in [0.2, 0.25) is 0 Å². The SMILES string of the molecule is NCCc1cccc(F)c1N(CC(F)(F)F)C1CC1. The maximum Gasteiger partial charge on any atom is 0.405 e. The van der Waals surface area contributed by atoms with E-state index in [9.17, 15) is 17.6 Å². The molecule has 0 aliphatic heterocycles. The molecule has 1 aromatic carbocycles. The van der Waals surface area contributed by atoms with Gasteiger partial charge in [0.1, 0.15) is 12.4 Å². The van der Waals surface area contributed by atoms with Crippen LogP contribution in [0.15, 0.2) is 18.2 Å². The smallest absolute Gasteiger partial charge is 0.357 e. The summed E-state index contributed by atoms with van der Waals surface area (Å²) in [6, 6.07) is 4.12. The molecule has 0 unspecified atom stereocenters. The monoisotopic (exact) mass is 276 g/mol. The van der Waals surface area contributed by atoms with Gasteiger partial charge in [0.05, 0.1) is 5.69 Å². The molecule has 6 heteroatoms. The van der Waals surface area contributed by atoms with Crippen molar-refractivity contribution in [3.63, 3.8) is 0 Å². The van der Waals surface area contributed by atoms with Gasteiger partial charge in [0, 0.05) is 6.04 Å². The van der Waals surface area contributed by atoms with Gasteiger partial charge in [0.15, 0.2) is 0 Å². The minimum Gasteiger partial charge on any atom is -0.357 e. The standard InChI is InChI=1S/C13H16F4N2/c14-11-3-1-2-9(6-7-18)12(11)19(10-4-5-10)8-13(15,16)17/h1-3,10H,4-8,18H2. The van der Waals surface area contributed by atoms with Crippen molar-refractivity contribution in [2.24, 2.45) is 5.73 Å². The number of benzene rings is 1. The maximum absolute atomic E-state index is 13.9. The molecule has 0 heterocycles. The van der Waals surface area contributed by atoms with Gasteiger partial charge in [-0.15, -0.1) is 0 Å². The van der Waals surface area contributed by atoms with E-state index in [2.05, 4.69) is 0 Å². The average Bonchev–Trinajstić information content (AvgIpc) is 3.10. The Morgan fingerprint density at radius 2 is 1.95 bits per heavy atom. The molecule has 2 N–H and O–H groups in total. The normalized spacial score (nSPS) is 15.6. The molecular weight excluding hydrogens is 260 g/mol. The van der Waals surface area contributed by atoms with Crippen LogP contribution in [-0.2, 0) is 6.42 Å². The average molecular weight is 276 g/mol. The third-order valence-corrected chi connectivity index (χ3v) is 3.11. The summed E-state index contributed by atoms with van der Waals surface area (Å²) in [6.45, 7) is -0.836. The van der Waals surface area contributed by atoms with Crippen LogP contribution >= 0.6 is 0 Å². The topological polar surface area (TPSA) is 29.3 Å². The first-order valence-corrected chi connectivity index (χ1v) is 6.23. The minimum absolute atomic E-state index is 0.0628. The van der Waals surface area contributed by atoms with E-state index in [0.717, 1.165) is 4.90 Å². The van der Waals surface area contributed by atoms with Crippen molar-refractivity contribution in [2.45, 2.75) is 31.5 Å². The molecule has 0 bridgehead atoms. The lowest BCUT2D eigenvalue weighted by molar-refractivity contribution is -0.120. The Balaban J connectivity index is 2.35. The number of nitrogens with zero attached hydrogens (tertiary/aromatic N) is 1. The first-order valence-electron chi connectivity index (χ1n) is 6.23. The van der Waals surface area contributed by atoms with Gasteiger partial charge in [-0.2, -0.15) is 13.2 Å². The molecule has 2 rings (SSSR count). The van der Waals surface area contributed by atoms with E-state index in [0.29, 0.717) is 24.8 Å². The lowest BCUT2D eigenvalue weighted by Gasteiger charge is -2.28. The van der Waals surface area contributed by atoms with Crippen molar-refractivity contribution in [1.29, 1.82) is 0 Å². The van der Waals surface area contributed by atoms with Gasteiger partial charge in [0.25, 0.3) is 0 Å². The zero-order valence-corrected chi connectivity index (χ0v) is 10.4. The van der Waals surface area contributed by atoms with Crippen molar-refractivity contribution < 1.29 is 17.6 Å². The minimum atomic E-state index is -4.34. The van der Waals surface area contributed by atoms with Crippen LogP contribution in [0, 0.1) is 5.82 Å². The van der Waals surface area contributed by atoms with Crippen molar-refractivity contribution >= 4 is 5.69 Å². The molecule has 106 valence electrons. The first-order chi connectivity index (χ1) is 8.92. The fourth-order valence-electron chi connectivity index (χ4n) is 2.21. The molecule has 0 spiro atoms. The highest BCUT2D eigenvalue weighted by atomic mass is 19.4. The molecule has 0 saturated heterocycles. The summed E-state index contributed by atoms with van der Waals surface area (Å²) < 4.78 is 51.9. The fraction of sp³-hybridized carbons (Fsp3) is 0.538. The highest BCUT2D eigenvalue weighted by molar-refractivity contribution is 5.57. The molecule has 19 heavy (non-hydrogen) atoms. The number of anilines is 1. The van der Waals surface area contributed by atoms with Crippen LogP contribution in [0.4, 0.5) is 23.2 Å². The van der Waals surface area contributed by atoms with Gasteiger partial charge in [-0.1, -0.05) is 12.1 Å². The van der Waals surface area contributed by atoms with Crippen LogP contribution in [0.25, 0.3) is 0 Å². The Labute approximate surface area is 109 Å². The molecule has 1 saturated carbocycles. The Kier molecular flexibility index (Phi) is 3.99. The van der Waals surface area contributed by atoms with Crippen molar-refractivity contribution in [3.05, 3.63) is 29.6 Å². The Bertz CT molecular complexity index is 441. The van der Waals surface area contributed by atoms with Gasteiger partial charge in [0.2, 0.25) is 0 Å². The quantitative estimate of drug-likeness (QED) is 0.838. The van der Waals surface area contributed by atoms with Gasteiger partial charge < -0.3 is 10.6 Å². The molecule has 0 amide bonds. The van der Waals surface area contributed by atoms with Crippen LogP contribution in [-0.4, -0.2) is 25.3 Å². The predicted molar refractivity (Wildman–Crippen MR) is 65.6 cm³/mol. The Hall–Kier alpha value is -1.30. The zero-order chi connectivity index (χ0) is 14.0. The van der Waals surface area contributed by atoms with E-state index < -0.39 is 18.5 Å². The summed E-state index contributed by atoms with van der Waals surface area (Å²) in [7, 11) is 0. The van der Waals surface area contributed by atoms with E-state index in [1.807, 2.05) is 0 Å². The summed E-state index contributed by atoms with van der Waals surface area (Å²) >= 11 is 0. The van der Waals surface area contributed by atoms with E-state index >= 15 is 0 Å². The molecule has 0 radical (unpaired) electrons. The van der Waals surface area contributed by atoms with Crippen LogP contribution in [0.5, 0.6) is 0 Å². The van der Waals surface area contributed by atoms with Gasteiger partial charge in [-0.25, -0.2) is 4.39 Å². The number of hydrogen-bond donors (Lipinski definition) is 1. The molecule has 1 aliphatic rings. The number of rotatable bonds is 5. The summed E-state index contributed by atoms with van der Waals surface area (Å²) in [6.07, 6.45) is -2.63. The number of alkyl halides is 3. The second-order valence-corrected chi connectivity index (χ2v) is 4.76. The molecule has 1 aliphatic carbocycles. The first kappa shape index (κ1) is 14.1. The number of hydrogen-bond acceptors (Lipinski definition) is 2. The van der Waals surface area contributed by atoms with Gasteiger partial charge >= 0.3 is 6.18 Å².